The zero-order chi connectivity index (χ0) is 20.3. The van der Waals surface area contributed by atoms with Crippen LogP contribution >= 0.6 is 28.1 Å². The minimum absolute atomic E-state index is 0.0209. The number of halogens is 1. The molecule has 3 rings (SSSR count). The van der Waals surface area contributed by atoms with Gasteiger partial charge in [-0.2, -0.15) is 0 Å². The number of carbonyl (C=O) groups excluding carboxylic acids is 2. The molecule has 6 nitrogen and oxygen atoms in total. The van der Waals surface area contributed by atoms with E-state index in [0.29, 0.717) is 33.8 Å². The van der Waals surface area contributed by atoms with Gasteiger partial charge in [-0.25, -0.2) is 0 Å². The van der Waals surface area contributed by atoms with Gasteiger partial charge in [-0.05, 0) is 71.0 Å². The molecule has 144 valence electrons. The Hall–Kier alpha value is -2.71. The van der Waals surface area contributed by atoms with E-state index < -0.39 is 11.8 Å². The van der Waals surface area contributed by atoms with Gasteiger partial charge in [0.2, 0.25) is 0 Å². The number of carbonyl (C=O) groups is 2. The number of hydrogen-bond donors (Lipinski definition) is 1. The Kier molecular flexibility index (Phi) is 6.11. The summed E-state index contributed by atoms with van der Waals surface area (Å²) in [4.78, 5) is 26.7. The van der Waals surface area contributed by atoms with Gasteiger partial charge in [-0.15, -0.1) is 0 Å². The Balaban J connectivity index is 1.98. The van der Waals surface area contributed by atoms with E-state index in [1.54, 1.807) is 49.6 Å². The molecule has 1 heterocycles. The molecular weight excluding hydrogens is 444 g/mol. The number of ether oxygens (including phenoxy) is 2. The average molecular weight is 461 g/mol. The number of hydrogen-bond acceptors (Lipinski definition) is 5. The molecule has 1 N–H and O–H groups in total. The second-order valence-corrected chi connectivity index (χ2v) is 7.02. The number of thiocarbonyl (C=S) groups is 1. The molecular formula is C20H17BrN2O4S. The van der Waals surface area contributed by atoms with Crippen molar-refractivity contribution in [1.29, 1.82) is 0 Å². The Morgan fingerprint density at radius 1 is 1.21 bits per heavy atom. The van der Waals surface area contributed by atoms with Crippen LogP contribution < -0.4 is 19.7 Å². The van der Waals surface area contributed by atoms with Crippen molar-refractivity contribution in [1.82, 2.24) is 5.32 Å². The van der Waals surface area contributed by atoms with Gasteiger partial charge in [0.05, 0.1) is 23.9 Å². The van der Waals surface area contributed by atoms with Gasteiger partial charge in [0.25, 0.3) is 11.8 Å². The van der Waals surface area contributed by atoms with Gasteiger partial charge in [-0.1, -0.05) is 12.1 Å². The minimum atomic E-state index is -0.542. The van der Waals surface area contributed by atoms with Crippen molar-refractivity contribution in [3.8, 4) is 11.5 Å². The molecule has 28 heavy (non-hydrogen) atoms. The lowest BCUT2D eigenvalue weighted by Crippen LogP contribution is -2.54. The fourth-order valence-corrected chi connectivity index (χ4v) is 3.55. The molecule has 8 heteroatoms. The van der Waals surface area contributed by atoms with Gasteiger partial charge in [0, 0.05) is 6.07 Å². The predicted octanol–water partition coefficient (Wildman–Crippen LogP) is 3.69. The highest BCUT2D eigenvalue weighted by Gasteiger charge is 2.34. The van der Waals surface area contributed by atoms with Crippen molar-refractivity contribution >= 4 is 56.8 Å². The lowest BCUT2D eigenvalue weighted by Gasteiger charge is -2.29. The summed E-state index contributed by atoms with van der Waals surface area (Å²) in [5.41, 5.74) is 1.16. The zero-order valence-electron chi connectivity index (χ0n) is 15.2. The molecule has 0 atom stereocenters. The summed E-state index contributed by atoms with van der Waals surface area (Å²) in [5, 5.41) is 2.59. The van der Waals surface area contributed by atoms with Crippen molar-refractivity contribution < 1.29 is 19.1 Å². The molecule has 0 aliphatic carbocycles. The van der Waals surface area contributed by atoms with E-state index in [2.05, 4.69) is 21.2 Å². The minimum Gasteiger partial charge on any atom is -0.496 e. The first-order valence-electron chi connectivity index (χ1n) is 8.42. The molecule has 1 aliphatic heterocycles. The summed E-state index contributed by atoms with van der Waals surface area (Å²) in [6.45, 7) is 2.37. The van der Waals surface area contributed by atoms with E-state index in [0.717, 1.165) is 0 Å². The highest BCUT2D eigenvalue weighted by atomic mass is 79.9. The van der Waals surface area contributed by atoms with Gasteiger partial charge in [-0.3, -0.25) is 19.8 Å². The lowest BCUT2D eigenvalue weighted by atomic mass is 10.1. The topological polar surface area (TPSA) is 67.9 Å². The summed E-state index contributed by atoms with van der Waals surface area (Å²) >= 11 is 8.62. The average Bonchev–Trinajstić information content (AvgIpc) is 2.66. The van der Waals surface area contributed by atoms with Crippen LogP contribution in [-0.2, 0) is 9.59 Å². The summed E-state index contributed by atoms with van der Waals surface area (Å²) in [6, 6.07) is 12.2. The fourth-order valence-electron chi connectivity index (χ4n) is 2.71. The summed E-state index contributed by atoms with van der Waals surface area (Å²) in [5.74, 6) is 0.211. The smallest absolute Gasteiger partial charge is 0.270 e. The van der Waals surface area contributed by atoms with E-state index in [9.17, 15) is 9.59 Å². The predicted molar refractivity (Wildman–Crippen MR) is 115 cm³/mol. The molecule has 1 aliphatic rings. The van der Waals surface area contributed by atoms with Crippen molar-refractivity contribution in [2.24, 2.45) is 0 Å². The van der Waals surface area contributed by atoms with Crippen LogP contribution in [0.3, 0.4) is 0 Å². The number of rotatable bonds is 5. The first kappa shape index (κ1) is 20.0. The fraction of sp³-hybridized carbons (Fsp3) is 0.150. The van der Waals surface area contributed by atoms with Crippen LogP contribution in [0.15, 0.2) is 52.5 Å². The third-order valence-corrected chi connectivity index (χ3v) is 4.88. The molecule has 0 spiro atoms. The van der Waals surface area contributed by atoms with Gasteiger partial charge >= 0.3 is 0 Å². The Labute approximate surface area is 176 Å². The Morgan fingerprint density at radius 3 is 2.68 bits per heavy atom. The van der Waals surface area contributed by atoms with E-state index in [-0.39, 0.29) is 10.7 Å². The quantitative estimate of drug-likeness (QED) is 0.418. The molecule has 1 fully saturated rings. The van der Waals surface area contributed by atoms with Crippen molar-refractivity contribution in [2.75, 3.05) is 18.6 Å². The first-order valence-corrected chi connectivity index (χ1v) is 9.62. The highest BCUT2D eigenvalue weighted by Crippen LogP contribution is 2.28. The molecule has 0 unspecified atom stereocenters. The van der Waals surface area contributed by atoms with Gasteiger partial charge in [0.1, 0.15) is 17.1 Å². The SMILES string of the molecule is CCOc1cccc(N2C(=O)/C(=C/c3ccc(OC)c(Br)c3)C(=O)NC2=S)c1. The van der Waals surface area contributed by atoms with E-state index in [4.69, 9.17) is 21.7 Å². The highest BCUT2D eigenvalue weighted by molar-refractivity contribution is 9.10. The maximum Gasteiger partial charge on any atom is 0.270 e. The van der Waals surface area contributed by atoms with Gasteiger partial charge in [0.15, 0.2) is 5.11 Å². The van der Waals surface area contributed by atoms with E-state index in [1.165, 1.54) is 11.0 Å². The van der Waals surface area contributed by atoms with Crippen LogP contribution in [0.2, 0.25) is 0 Å². The summed E-state index contributed by atoms with van der Waals surface area (Å²) in [7, 11) is 1.56. The number of methoxy groups -OCH3 is 1. The number of benzene rings is 2. The molecule has 0 saturated carbocycles. The van der Waals surface area contributed by atoms with Crippen LogP contribution in [0.4, 0.5) is 5.69 Å². The zero-order valence-corrected chi connectivity index (χ0v) is 17.6. The van der Waals surface area contributed by atoms with Crippen LogP contribution in [0.5, 0.6) is 11.5 Å². The maximum absolute atomic E-state index is 13.1. The van der Waals surface area contributed by atoms with Crippen LogP contribution in [0.1, 0.15) is 12.5 Å². The van der Waals surface area contributed by atoms with Crippen LogP contribution in [0.25, 0.3) is 6.08 Å². The largest absolute Gasteiger partial charge is 0.496 e. The van der Waals surface area contributed by atoms with Gasteiger partial charge < -0.3 is 9.47 Å². The maximum atomic E-state index is 13.1. The molecule has 1 saturated heterocycles. The standard InChI is InChI=1S/C20H17BrN2O4S/c1-3-27-14-6-4-5-13(11-14)23-19(25)15(18(24)22-20(23)28)9-12-7-8-17(26-2)16(21)10-12/h4-11H,3H2,1-2H3,(H,22,24,28)/b15-9+. The third kappa shape index (κ3) is 4.07. The number of nitrogens with zero attached hydrogens (tertiary/aromatic N) is 1. The first-order chi connectivity index (χ1) is 13.4. The van der Waals surface area contributed by atoms with Crippen molar-refractivity contribution in [3.05, 3.63) is 58.1 Å². The lowest BCUT2D eigenvalue weighted by molar-refractivity contribution is -0.122. The summed E-state index contributed by atoms with van der Waals surface area (Å²) < 4.78 is 11.4. The van der Waals surface area contributed by atoms with Crippen molar-refractivity contribution in [3.63, 3.8) is 0 Å². The number of anilines is 1. The normalized spacial score (nSPS) is 15.6. The van der Waals surface area contributed by atoms with E-state index in [1.807, 2.05) is 6.92 Å². The molecule has 2 amide bonds. The summed E-state index contributed by atoms with van der Waals surface area (Å²) in [6.07, 6.45) is 1.52. The van der Waals surface area contributed by atoms with Crippen molar-refractivity contribution in [2.45, 2.75) is 6.92 Å². The second-order valence-electron chi connectivity index (χ2n) is 5.78. The molecule has 0 aromatic heterocycles. The van der Waals surface area contributed by atoms with E-state index >= 15 is 0 Å². The second kappa shape index (κ2) is 8.53. The number of amides is 2. The molecule has 2 aromatic rings. The van der Waals surface area contributed by atoms with Crippen LogP contribution in [-0.4, -0.2) is 30.6 Å². The third-order valence-electron chi connectivity index (χ3n) is 3.98. The molecule has 2 aromatic carbocycles. The molecule has 0 bridgehead atoms. The monoisotopic (exact) mass is 460 g/mol. The van der Waals surface area contributed by atoms with Crippen LogP contribution in [0, 0.1) is 0 Å². The Bertz CT molecular complexity index is 990. The Morgan fingerprint density at radius 2 is 2.00 bits per heavy atom. The molecule has 0 radical (unpaired) electrons. The number of nitrogens with one attached hydrogen (secondary N) is 1.